The molecule has 0 bridgehead atoms. The SMILES string of the molecule is COc1cc(C2c3c(-c4ccccc4O)n[nH]c3C(=O)N2C2CCS(=O)(=O)C2)ccc1OCc1ccccc1. The maximum Gasteiger partial charge on any atom is 0.273 e. The Labute approximate surface area is 225 Å². The topological polar surface area (TPSA) is 122 Å². The van der Waals surface area contributed by atoms with Gasteiger partial charge in [-0.2, -0.15) is 5.10 Å². The largest absolute Gasteiger partial charge is 0.507 e. The lowest BCUT2D eigenvalue weighted by molar-refractivity contribution is 0.0677. The fourth-order valence-corrected chi connectivity index (χ4v) is 7.16. The molecule has 2 aliphatic heterocycles. The number of ether oxygens (including phenoxy) is 2. The first-order chi connectivity index (χ1) is 18.9. The minimum atomic E-state index is -3.26. The number of H-pyrrole nitrogens is 1. The van der Waals surface area contributed by atoms with Crippen LogP contribution in [0.5, 0.6) is 17.2 Å². The number of rotatable bonds is 7. The third-order valence-electron chi connectivity index (χ3n) is 7.31. The van der Waals surface area contributed by atoms with Crippen LogP contribution in [0.15, 0.2) is 72.8 Å². The number of benzene rings is 3. The van der Waals surface area contributed by atoms with Crippen molar-refractivity contribution in [2.24, 2.45) is 0 Å². The Bertz CT molecular complexity index is 1650. The Morgan fingerprint density at radius 2 is 1.82 bits per heavy atom. The summed E-state index contributed by atoms with van der Waals surface area (Å²) in [4.78, 5) is 15.4. The van der Waals surface area contributed by atoms with Gasteiger partial charge >= 0.3 is 0 Å². The van der Waals surface area contributed by atoms with Crippen molar-refractivity contribution in [3.05, 3.63) is 95.2 Å². The molecule has 0 radical (unpaired) electrons. The summed E-state index contributed by atoms with van der Waals surface area (Å²) in [5.41, 5.74) is 3.51. The maximum atomic E-state index is 13.7. The summed E-state index contributed by atoms with van der Waals surface area (Å²) in [5.74, 6) is 0.654. The highest BCUT2D eigenvalue weighted by Gasteiger charge is 2.48. The summed E-state index contributed by atoms with van der Waals surface area (Å²) in [7, 11) is -1.71. The highest BCUT2D eigenvalue weighted by atomic mass is 32.2. The first-order valence-corrected chi connectivity index (χ1v) is 14.4. The molecule has 1 fully saturated rings. The number of carbonyl (C=O) groups is 1. The first kappa shape index (κ1) is 25.0. The van der Waals surface area contributed by atoms with Crippen molar-refractivity contribution >= 4 is 15.7 Å². The average Bonchev–Trinajstić information content (AvgIpc) is 3.61. The number of amides is 1. The zero-order valence-electron chi connectivity index (χ0n) is 21.2. The fourth-order valence-electron chi connectivity index (χ4n) is 5.45. The molecule has 3 aromatic carbocycles. The van der Waals surface area contributed by atoms with Gasteiger partial charge in [-0.15, -0.1) is 0 Å². The number of phenolic OH excluding ortho intramolecular Hbond substituents is 1. The van der Waals surface area contributed by atoms with E-state index in [0.717, 1.165) is 5.56 Å². The van der Waals surface area contributed by atoms with Gasteiger partial charge in [-0.25, -0.2) is 8.42 Å². The van der Waals surface area contributed by atoms with Crippen molar-refractivity contribution in [2.75, 3.05) is 18.6 Å². The van der Waals surface area contributed by atoms with Crippen LogP contribution < -0.4 is 9.47 Å². The summed E-state index contributed by atoms with van der Waals surface area (Å²) >= 11 is 0. The van der Waals surface area contributed by atoms with E-state index >= 15 is 0 Å². The lowest BCUT2D eigenvalue weighted by Gasteiger charge is -2.31. The molecule has 4 aromatic rings. The molecular weight excluding hydrogens is 518 g/mol. The second-order valence-electron chi connectivity index (χ2n) is 9.73. The van der Waals surface area contributed by atoms with Crippen LogP contribution in [0.3, 0.4) is 0 Å². The van der Waals surface area contributed by atoms with Gasteiger partial charge in [0.1, 0.15) is 23.7 Å². The number of methoxy groups -OCH3 is 1. The maximum absolute atomic E-state index is 13.7. The molecule has 10 heteroatoms. The van der Waals surface area contributed by atoms with E-state index in [2.05, 4.69) is 10.2 Å². The van der Waals surface area contributed by atoms with Gasteiger partial charge in [0.05, 0.1) is 24.7 Å². The molecule has 6 rings (SSSR count). The minimum absolute atomic E-state index is 0.0298. The van der Waals surface area contributed by atoms with Gasteiger partial charge in [0.15, 0.2) is 21.3 Å². The van der Waals surface area contributed by atoms with Gasteiger partial charge in [-0.1, -0.05) is 48.5 Å². The van der Waals surface area contributed by atoms with Crippen LogP contribution in [0.4, 0.5) is 0 Å². The smallest absolute Gasteiger partial charge is 0.273 e. The van der Waals surface area contributed by atoms with Crippen LogP contribution in [0.2, 0.25) is 0 Å². The third kappa shape index (κ3) is 4.50. The van der Waals surface area contributed by atoms with Crippen LogP contribution >= 0.6 is 0 Å². The molecule has 0 aliphatic carbocycles. The van der Waals surface area contributed by atoms with Crippen molar-refractivity contribution in [3.8, 4) is 28.5 Å². The van der Waals surface area contributed by atoms with Gasteiger partial charge in [-0.05, 0) is 41.8 Å². The number of para-hydroxylation sites is 1. The molecule has 2 aliphatic rings. The van der Waals surface area contributed by atoms with E-state index < -0.39 is 21.9 Å². The number of carbonyl (C=O) groups excluding carboxylic acids is 1. The van der Waals surface area contributed by atoms with Crippen molar-refractivity contribution in [1.82, 2.24) is 15.1 Å². The zero-order chi connectivity index (χ0) is 27.1. The zero-order valence-corrected chi connectivity index (χ0v) is 22.0. The fraction of sp³-hybridized carbons (Fsp3) is 0.241. The van der Waals surface area contributed by atoms with E-state index in [1.54, 1.807) is 42.3 Å². The normalized spacial score (nSPS) is 19.7. The van der Waals surface area contributed by atoms with E-state index in [9.17, 15) is 18.3 Å². The van der Waals surface area contributed by atoms with Crippen molar-refractivity contribution in [2.45, 2.75) is 25.1 Å². The van der Waals surface area contributed by atoms with Gasteiger partial charge < -0.3 is 19.5 Å². The molecule has 0 spiro atoms. The number of hydrogen-bond acceptors (Lipinski definition) is 7. The molecule has 3 heterocycles. The highest BCUT2D eigenvalue weighted by molar-refractivity contribution is 7.91. The predicted octanol–water partition coefficient (Wildman–Crippen LogP) is 4.10. The van der Waals surface area contributed by atoms with Crippen LogP contribution in [0.1, 0.15) is 39.6 Å². The van der Waals surface area contributed by atoms with Crippen molar-refractivity contribution in [3.63, 3.8) is 0 Å². The predicted molar refractivity (Wildman–Crippen MR) is 145 cm³/mol. The average molecular weight is 546 g/mol. The Balaban J connectivity index is 1.44. The molecule has 2 unspecified atom stereocenters. The number of aromatic amines is 1. The standard InChI is InChI=1S/C29H27N3O6S/c1-37-24-15-19(11-12-23(24)38-16-18-7-3-2-4-8-18)28-25-26(21-9-5-6-10-22(21)33)30-31-27(25)29(34)32(28)20-13-14-39(35,36)17-20/h2-12,15,20,28,33H,13-14,16-17H2,1H3,(H,30,31). The molecule has 200 valence electrons. The van der Waals surface area contributed by atoms with Crippen LogP contribution in [-0.4, -0.2) is 59.2 Å². The number of phenols is 1. The summed E-state index contributed by atoms with van der Waals surface area (Å²) < 4.78 is 36.5. The van der Waals surface area contributed by atoms with E-state index in [4.69, 9.17) is 9.47 Å². The second kappa shape index (κ2) is 9.77. The Morgan fingerprint density at radius 1 is 1.05 bits per heavy atom. The third-order valence-corrected chi connectivity index (χ3v) is 9.06. The van der Waals surface area contributed by atoms with Gasteiger partial charge in [0.25, 0.3) is 5.91 Å². The Hall–Kier alpha value is -4.31. The molecule has 0 saturated carbocycles. The number of aromatic hydroxyl groups is 1. The minimum Gasteiger partial charge on any atom is -0.507 e. The van der Waals surface area contributed by atoms with Crippen LogP contribution in [0, 0.1) is 0 Å². The lowest BCUT2D eigenvalue weighted by atomic mass is 9.94. The number of sulfone groups is 1. The van der Waals surface area contributed by atoms with Crippen LogP contribution in [0.25, 0.3) is 11.3 Å². The highest BCUT2D eigenvalue weighted by Crippen LogP contribution is 2.47. The second-order valence-corrected chi connectivity index (χ2v) is 12.0. The number of nitrogens with one attached hydrogen (secondary N) is 1. The van der Waals surface area contributed by atoms with Crippen molar-refractivity contribution < 1.29 is 27.8 Å². The number of hydrogen-bond donors (Lipinski definition) is 2. The van der Waals surface area contributed by atoms with E-state index in [-0.39, 0.29) is 28.9 Å². The van der Waals surface area contributed by atoms with Gasteiger partial charge in [0, 0.05) is 17.2 Å². The summed E-state index contributed by atoms with van der Waals surface area (Å²) in [6.07, 6.45) is 0.351. The molecule has 1 saturated heterocycles. The van der Waals surface area contributed by atoms with E-state index in [1.807, 2.05) is 42.5 Å². The molecule has 9 nitrogen and oxygen atoms in total. The number of aromatic nitrogens is 2. The first-order valence-electron chi connectivity index (χ1n) is 12.6. The molecule has 1 amide bonds. The number of nitrogens with zero attached hydrogens (tertiary/aromatic N) is 2. The molecule has 2 N–H and O–H groups in total. The Kier molecular flexibility index (Phi) is 6.26. The number of fused-ring (bicyclic) bond motifs is 1. The lowest BCUT2D eigenvalue weighted by Crippen LogP contribution is -2.40. The molecule has 39 heavy (non-hydrogen) atoms. The summed E-state index contributed by atoms with van der Waals surface area (Å²) in [6.45, 7) is 0.355. The molecular formula is C29H27N3O6S. The Morgan fingerprint density at radius 3 is 2.54 bits per heavy atom. The summed E-state index contributed by atoms with van der Waals surface area (Å²) in [6, 6.07) is 20.9. The summed E-state index contributed by atoms with van der Waals surface area (Å²) in [5, 5.41) is 17.8. The van der Waals surface area contributed by atoms with Crippen molar-refractivity contribution in [1.29, 1.82) is 0 Å². The van der Waals surface area contributed by atoms with E-state index in [0.29, 0.717) is 46.9 Å². The molecule has 1 aromatic heterocycles. The van der Waals surface area contributed by atoms with Crippen LogP contribution in [-0.2, 0) is 16.4 Å². The monoisotopic (exact) mass is 545 g/mol. The van der Waals surface area contributed by atoms with Gasteiger partial charge in [0.2, 0.25) is 0 Å². The van der Waals surface area contributed by atoms with Gasteiger partial charge in [-0.3, -0.25) is 9.89 Å². The molecule has 2 atom stereocenters. The van der Waals surface area contributed by atoms with E-state index in [1.165, 1.54) is 0 Å². The quantitative estimate of drug-likeness (QED) is 0.359.